The summed E-state index contributed by atoms with van der Waals surface area (Å²) < 4.78 is 24.4. The summed E-state index contributed by atoms with van der Waals surface area (Å²) in [7, 11) is 1.54. The Morgan fingerprint density at radius 1 is 1.38 bits per heavy atom. The van der Waals surface area contributed by atoms with E-state index in [1.54, 1.807) is 13.2 Å². The van der Waals surface area contributed by atoms with E-state index >= 15 is 0 Å². The number of nitrogens with zero attached hydrogens (tertiary/aromatic N) is 1. The lowest BCUT2D eigenvalue weighted by atomic mass is 9.86. The molecule has 2 rings (SSSR count). The van der Waals surface area contributed by atoms with Gasteiger partial charge in [-0.05, 0) is 38.5 Å². The molecule has 116 valence electrons. The second-order valence-electron chi connectivity index (χ2n) is 6.16. The van der Waals surface area contributed by atoms with Crippen LogP contribution in [0.15, 0.2) is 18.2 Å². The predicted octanol–water partition coefficient (Wildman–Crippen LogP) is 3.57. The van der Waals surface area contributed by atoms with Crippen molar-refractivity contribution in [2.75, 3.05) is 20.2 Å². The minimum absolute atomic E-state index is 0.0633. The van der Waals surface area contributed by atoms with E-state index in [2.05, 4.69) is 0 Å². The van der Waals surface area contributed by atoms with Gasteiger partial charge in [0.25, 0.3) is 0 Å². The molecule has 0 N–H and O–H groups in total. The number of methoxy groups -OCH3 is 1. The number of rotatable bonds is 2. The van der Waals surface area contributed by atoms with E-state index in [0.29, 0.717) is 18.7 Å². The number of carbonyl (C=O) groups excluding carboxylic acids is 1. The molecule has 1 amide bonds. The topological polar surface area (TPSA) is 38.8 Å². The molecule has 1 aromatic carbocycles. The number of amides is 1. The molecule has 0 radical (unpaired) electrons. The summed E-state index contributed by atoms with van der Waals surface area (Å²) in [5.41, 5.74) is -0.594. The van der Waals surface area contributed by atoms with Crippen molar-refractivity contribution in [2.45, 2.75) is 32.0 Å². The molecule has 1 fully saturated rings. The van der Waals surface area contributed by atoms with E-state index in [4.69, 9.17) is 21.1 Å². The molecule has 0 bridgehead atoms. The second kappa shape index (κ2) is 5.46. The van der Waals surface area contributed by atoms with Crippen molar-refractivity contribution in [2.24, 2.45) is 0 Å². The Morgan fingerprint density at radius 2 is 2.00 bits per heavy atom. The maximum Gasteiger partial charge on any atom is 0.410 e. The molecule has 0 aromatic heterocycles. The largest absolute Gasteiger partial charge is 0.444 e. The highest BCUT2D eigenvalue weighted by Crippen LogP contribution is 2.37. The predicted molar refractivity (Wildman–Crippen MR) is 77.9 cm³/mol. The van der Waals surface area contributed by atoms with E-state index in [1.807, 2.05) is 20.8 Å². The van der Waals surface area contributed by atoms with Crippen LogP contribution >= 0.6 is 11.6 Å². The fraction of sp³-hybridized carbons (Fsp3) is 0.533. The van der Waals surface area contributed by atoms with Crippen LogP contribution in [0.3, 0.4) is 0 Å². The smallest absolute Gasteiger partial charge is 0.410 e. The Bertz CT molecular complexity index is 550. The van der Waals surface area contributed by atoms with Crippen LogP contribution in [0.2, 0.25) is 5.02 Å². The van der Waals surface area contributed by atoms with Gasteiger partial charge in [-0.2, -0.15) is 0 Å². The summed E-state index contributed by atoms with van der Waals surface area (Å²) in [4.78, 5) is 13.5. The first kappa shape index (κ1) is 16.0. The van der Waals surface area contributed by atoms with Gasteiger partial charge >= 0.3 is 6.09 Å². The first-order valence-corrected chi connectivity index (χ1v) is 7.03. The zero-order valence-corrected chi connectivity index (χ0v) is 13.3. The van der Waals surface area contributed by atoms with Gasteiger partial charge in [-0.3, -0.25) is 0 Å². The van der Waals surface area contributed by atoms with Gasteiger partial charge in [-0.15, -0.1) is 0 Å². The fourth-order valence-electron chi connectivity index (χ4n) is 2.23. The molecule has 0 saturated carbocycles. The lowest BCUT2D eigenvalue weighted by Gasteiger charge is -2.49. The molecule has 1 aliphatic rings. The van der Waals surface area contributed by atoms with Crippen LogP contribution in [0.4, 0.5) is 9.18 Å². The first-order valence-electron chi connectivity index (χ1n) is 6.65. The van der Waals surface area contributed by atoms with Crippen LogP contribution in [-0.2, 0) is 15.1 Å². The van der Waals surface area contributed by atoms with Gasteiger partial charge in [0.05, 0.1) is 18.1 Å². The minimum Gasteiger partial charge on any atom is -0.444 e. The van der Waals surface area contributed by atoms with Gasteiger partial charge in [0.2, 0.25) is 0 Å². The molecule has 1 aliphatic heterocycles. The molecular formula is C15H19ClFNO3. The monoisotopic (exact) mass is 315 g/mol. The Morgan fingerprint density at radius 3 is 2.48 bits per heavy atom. The Hall–Kier alpha value is -1.33. The maximum atomic E-state index is 13.6. The van der Waals surface area contributed by atoms with Crippen molar-refractivity contribution >= 4 is 17.7 Å². The molecule has 4 nitrogen and oxygen atoms in total. The highest BCUT2D eigenvalue weighted by atomic mass is 35.5. The quantitative estimate of drug-likeness (QED) is 0.837. The summed E-state index contributed by atoms with van der Waals surface area (Å²) in [6, 6.07) is 4.54. The number of benzene rings is 1. The molecule has 0 spiro atoms. The lowest BCUT2D eigenvalue weighted by Crippen LogP contribution is -2.62. The Kier molecular flexibility index (Phi) is 4.17. The summed E-state index contributed by atoms with van der Waals surface area (Å²) in [5, 5.41) is 0.0633. The van der Waals surface area contributed by atoms with Gasteiger partial charge in [-0.1, -0.05) is 17.7 Å². The van der Waals surface area contributed by atoms with Gasteiger partial charge in [0.1, 0.15) is 17.0 Å². The van der Waals surface area contributed by atoms with Gasteiger partial charge in [0, 0.05) is 7.11 Å². The summed E-state index contributed by atoms with van der Waals surface area (Å²) in [5.74, 6) is -0.499. The highest BCUT2D eigenvalue weighted by Gasteiger charge is 2.48. The third-order valence-electron chi connectivity index (χ3n) is 3.38. The van der Waals surface area contributed by atoms with Crippen molar-refractivity contribution in [3.8, 4) is 0 Å². The summed E-state index contributed by atoms with van der Waals surface area (Å²) >= 11 is 5.69. The molecule has 21 heavy (non-hydrogen) atoms. The normalized spacial score (nSPS) is 17.3. The van der Waals surface area contributed by atoms with E-state index < -0.39 is 23.1 Å². The lowest BCUT2D eigenvalue weighted by molar-refractivity contribution is -0.127. The zero-order valence-electron chi connectivity index (χ0n) is 12.6. The molecule has 1 heterocycles. The number of hydrogen-bond donors (Lipinski definition) is 0. The highest BCUT2D eigenvalue weighted by molar-refractivity contribution is 6.30. The van der Waals surface area contributed by atoms with Crippen LogP contribution in [0.1, 0.15) is 26.3 Å². The average Bonchev–Trinajstić information content (AvgIpc) is 2.30. The SMILES string of the molecule is COC1(c2ccc(Cl)c(F)c2)CN(C(=O)OC(C)(C)C)C1. The van der Waals surface area contributed by atoms with Crippen LogP contribution in [0.5, 0.6) is 0 Å². The molecule has 6 heteroatoms. The van der Waals surface area contributed by atoms with Gasteiger partial charge < -0.3 is 14.4 Å². The maximum absolute atomic E-state index is 13.6. The number of likely N-dealkylation sites (tertiary alicyclic amines) is 1. The standard InChI is InChI=1S/C15H19ClFNO3/c1-14(2,3)21-13(19)18-8-15(9-18,20-4)10-5-6-11(16)12(17)7-10/h5-7H,8-9H2,1-4H3. The van der Waals surface area contributed by atoms with Crippen molar-refractivity contribution in [1.82, 2.24) is 4.90 Å². The molecule has 1 aromatic rings. The van der Waals surface area contributed by atoms with Crippen molar-refractivity contribution in [3.63, 3.8) is 0 Å². The van der Waals surface area contributed by atoms with Gasteiger partial charge in [-0.25, -0.2) is 9.18 Å². The molecule has 1 saturated heterocycles. The van der Waals surface area contributed by atoms with E-state index in [9.17, 15) is 9.18 Å². The fourth-order valence-corrected chi connectivity index (χ4v) is 2.35. The van der Waals surface area contributed by atoms with Crippen molar-refractivity contribution < 1.29 is 18.7 Å². The number of carbonyl (C=O) groups is 1. The molecular weight excluding hydrogens is 297 g/mol. The third-order valence-corrected chi connectivity index (χ3v) is 3.69. The number of halogens is 2. The molecule has 0 unspecified atom stereocenters. The number of ether oxygens (including phenoxy) is 2. The first-order chi connectivity index (χ1) is 9.67. The van der Waals surface area contributed by atoms with Crippen LogP contribution in [0, 0.1) is 5.82 Å². The summed E-state index contributed by atoms with van der Waals surface area (Å²) in [6.07, 6.45) is -0.399. The average molecular weight is 316 g/mol. The number of hydrogen-bond acceptors (Lipinski definition) is 3. The Balaban J connectivity index is 2.10. The van der Waals surface area contributed by atoms with Crippen LogP contribution in [0.25, 0.3) is 0 Å². The zero-order chi connectivity index (χ0) is 15.8. The van der Waals surface area contributed by atoms with Gasteiger partial charge in [0.15, 0.2) is 0 Å². The minimum atomic E-state index is -0.706. The van der Waals surface area contributed by atoms with E-state index in [-0.39, 0.29) is 5.02 Å². The summed E-state index contributed by atoms with van der Waals surface area (Å²) in [6.45, 7) is 6.06. The molecule has 0 aliphatic carbocycles. The van der Waals surface area contributed by atoms with Crippen molar-refractivity contribution in [3.05, 3.63) is 34.6 Å². The third kappa shape index (κ3) is 3.30. The van der Waals surface area contributed by atoms with Crippen molar-refractivity contribution in [1.29, 1.82) is 0 Å². The second-order valence-corrected chi connectivity index (χ2v) is 6.57. The Labute approximate surface area is 128 Å². The molecule has 0 atom stereocenters. The van der Waals surface area contributed by atoms with Crippen LogP contribution < -0.4 is 0 Å². The van der Waals surface area contributed by atoms with E-state index in [1.165, 1.54) is 17.0 Å². The van der Waals surface area contributed by atoms with E-state index in [0.717, 1.165) is 0 Å². The van der Waals surface area contributed by atoms with Crippen LogP contribution in [-0.4, -0.2) is 36.8 Å².